The number of rotatable bonds is 3. The molecule has 0 spiro atoms. The minimum atomic E-state index is -0.788. The van der Waals surface area contributed by atoms with Gasteiger partial charge in [-0.1, -0.05) is 0 Å². The van der Waals surface area contributed by atoms with Crippen molar-refractivity contribution >= 4 is 5.91 Å². The lowest BCUT2D eigenvalue weighted by atomic mass is 9.90. The van der Waals surface area contributed by atoms with Gasteiger partial charge >= 0.3 is 0 Å². The Labute approximate surface area is 153 Å². The molecule has 0 bridgehead atoms. The standard InChI is InChI=1S/C20H25N3O3/c1-14-11-17-12-16(3-4-18(17)26-14)19(24)22-8-5-20(25,6-9-22)13-23-10-7-21-15(23)2/h3-4,7,10,12,14,25H,5-6,8-9,11,13H2,1-2H3. The number of ether oxygens (including phenoxy) is 1. The summed E-state index contributed by atoms with van der Waals surface area (Å²) in [5, 5.41) is 10.9. The van der Waals surface area contributed by atoms with E-state index in [9.17, 15) is 9.90 Å². The second-order valence-electron chi connectivity index (χ2n) is 7.57. The predicted molar refractivity (Wildman–Crippen MR) is 97.3 cm³/mol. The number of amides is 1. The highest BCUT2D eigenvalue weighted by atomic mass is 16.5. The third-order valence-electron chi connectivity index (χ3n) is 5.51. The fourth-order valence-corrected chi connectivity index (χ4v) is 3.91. The SMILES string of the molecule is Cc1nccn1CC1(O)CCN(C(=O)c2ccc3c(c2)CC(C)O3)CC1. The summed E-state index contributed by atoms with van der Waals surface area (Å²) in [7, 11) is 0. The molecule has 4 rings (SSSR count). The molecule has 0 aliphatic carbocycles. The van der Waals surface area contributed by atoms with Crippen LogP contribution >= 0.6 is 0 Å². The summed E-state index contributed by atoms with van der Waals surface area (Å²) >= 11 is 0. The van der Waals surface area contributed by atoms with E-state index in [-0.39, 0.29) is 12.0 Å². The maximum atomic E-state index is 12.9. The van der Waals surface area contributed by atoms with Crippen molar-refractivity contribution in [1.29, 1.82) is 0 Å². The van der Waals surface area contributed by atoms with Crippen molar-refractivity contribution in [2.45, 2.75) is 51.4 Å². The van der Waals surface area contributed by atoms with Gasteiger partial charge in [-0.25, -0.2) is 4.98 Å². The summed E-state index contributed by atoms with van der Waals surface area (Å²) in [6.07, 6.45) is 5.80. The number of fused-ring (bicyclic) bond motifs is 1. The Kier molecular flexibility index (Phi) is 4.23. The highest BCUT2D eigenvalue weighted by Gasteiger charge is 2.35. The first-order valence-corrected chi connectivity index (χ1v) is 9.22. The number of aryl methyl sites for hydroxylation is 1. The summed E-state index contributed by atoms with van der Waals surface area (Å²) < 4.78 is 7.68. The first-order valence-electron chi connectivity index (χ1n) is 9.22. The van der Waals surface area contributed by atoms with Crippen LogP contribution in [0.15, 0.2) is 30.6 Å². The zero-order valence-electron chi connectivity index (χ0n) is 15.3. The minimum Gasteiger partial charge on any atom is -0.490 e. The van der Waals surface area contributed by atoms with Crippen LogP contribution in [0.4, 0.5) is 0 Å². The van der Waals surface area contributed by atoms with Crippen LogP contribution < -0.4 is 4.74 Å². The van der Waals surface area contributed by atoms with Gasteiger partial charge in [-0.05, 0) is 50.5 Å². The number of aromatic nitrogens is 2. The topological polar surface area (TPSA) is 67.6 Å². The molecule has 1 saturated heterocycles. The van der Waals surface area contributed by atoms with Gasteiger partial charge in [-0.15, -0.1) is 0 Å². The maximum Gasteiger partial charge on any atom is 0.253 e. The second-order valence-corrected chi connectivity index (χ2v) is 7.57. The van der Waals surface area contributed by atoms with Crippen LogP contribution in [-0.4, -0.2) is 50.3 Å². The first-order chi connectivity index (χ1) is 12.4. The van der Waals surface area contributed by atoms with Crippen LogP contribution in [0.5, 0.6) is 5.75 Å². The molecule has 6 nitrogen and oxygen atoms in total. The van der Waals surface area contributed by atoms with Gasteiger partial charge in [0.05, 0.1) is 12.1 Å². The highest BCUT2D eigenvalue weighted by Crippen LogP contribution is 2.31. The summed E-state index contributed by atoms with van der Waals surface area (Å²) in [5.74, 6) is 1.82. The van der Waals surface area contributed by atoms with E-state index in [4.69, 9.17) is 4.74 Å². The molecular weight excluding hydrogens is 330 g/mol. The zero-order valence-corrected chi connectivity index (χ0v) is 15.3. The lowest BCUT2D eigenvalue weighted by Crippen LogP contribution is -2.48. The monoisotopic (exact) mass is 355 g/mol. The number of aliphatic hydroxyl groups is 1. The van der Waals surface area contributed by atoms with Gasteiger partial charge in [0.1, 0.15) is 17.7 Å². The molecule has 0 radical (unpaired) electrons. The average molecular weight is 355 g/mol. The molecule has 2 aromatic rings. The Morgan fingerprint density at radius 2 is 2.15 bits per heavy atom. The van der Waals surface area contributed by atoms with Crippen molar-refractivity contribution in [3.63, 3.8) is 0 Å². The van der Waals surface area contributed by atoms with Crippen LogP contribution in [0.3, 0.4) is 0 Å². The van der Waals surface area contributed by atoms with E-state index < -0.39 is 5.60 Å². The van der Waals surface area contributed by atoms with Crippen molar-refractivity contribution in [1.82, 2.24) is 14.5 Å². The fraction of sp³-hybridized carbons (Fsp3) is 0.500. The van der Waals surface area contributed by atoms with E-state index in [1.807, 2.05) is 47.7 Å². The second kappa shape index (κ2) is 6.43. The fourth-order valence-electron chi connectivity index (χ4n) is 3.91. The smallest absolute Gasteiger partial charge is 0.253 e. The molecule has 3 heterocycles. The predicted octanol–water partition coefficient (Wildman–Crippen LogP) is 2.18. The number of benzene rings is 1. The van der Waals surface area contributed by atoms with Crippen molar-refractivity contribution in [3.8, 4) is 5.75 Å². The molecule has 1 atom stereocenters. The van der Waals surface area contributed by atoms with E-state index in [1.54, 1.807) is 6.20 Å². The molecule has 1 aromatic heterocycles. The Bertz CT molecular complexity index is 821. The van der Waals surface area contributed by atoms with Crippen molar-refractivity contribution < 1.29 is 14.6 Å². The van der Waals surface area contributed by atoms with Crippen LogP contribution in [0.25, 0.3) is 0 Å². The van der Waals surface area contributed by atoms with Gasteiger partial charge in [0, 0.05) is 37.5 Å². The van der Waals surface area contributed by atoms with Gasteiger partial charge in [0.2, 0.25) is 0 Å². The molecule has 0 saturated carbocycles. The number of imidazole rings is 1. The van der Waals surface area contributed by atoms with Gasteiger partial charge in [0.15, 0.2) is 0 Å². The number of hydrogen-bond acceptors (Lipinski definition) is 4. The molecule has 2 aliphatic heterocycles. The summed E-state index contributed by atoms with van der Waals surface area (Å²) in [6, 6.07) is 5.69. The number of piperidine rings is 1. The molecule has 1 aromatic carbocycles. The minimum absolute atomic E-state index is 0.0354. The van der Waals surface area contributed by atoms with Gasteiger partial charge < -0.3 is 19.3 Å². The molecule has 1 N–H and O–H groups in total. The van der Waals surface area contributed by atoms with Crippen molar-refractivity contribution in [2.24, 2.45) is 0 Å². The van der Waals surface area contributed by atoms with Gasteiger partial charge in [-0.3, -0.25) is 4.79 Å². The quantitative estimate of drug-likeness (QED) is 0.916. The summed E-state index contributed by atoms with van der Waals surface area (Å²) in [5.41, 5.74) is 1.02. The lowest BCUT2D eigenvalue weighted by molar-refractivity contribution is -0.0295. The van der Waals surface area contributed by atoms with Crippen LogP contribution in [0.2, 0.25) is 0 Å². The summed E-state index contributed by atoms with van der Waals surface area (Å²) in [6.45, 7) is 5.62. The molecule has 1 unspecified atom stereocenters. The number of carbonyl (C=O) groups excluding carboxylic acids is 1. The maximum absolute atomic E-state index is 12.9. The normalized spacial score (nSPS) is 21.3. The number of carbonyl (C=O) groups is 1. The first kappa shape index (κ1) is 17.1. The molecule has 1 amide bonds. The van der Waals surface area contributed by atoms with E-state index in [0.717, 1.165) is 23.6 Å². The van der Waals surface area contributed by atoms with Gasteiger partial charge in [-0.2, -0.15) is 0 Å². The third-order valence-corrected chi connectivity index (χ3v) is 5.51. The highest BCUT2D eigenvalue weighted by molar-refractivity contribution is 5.94. The lowest BCUT2D eigenvalue weighted by Gasteiger charge is -2.38. The van der Waals surface area contributed by atoms with Crippen LogP contribution in [-0.2, 0) is 13.0 Å². The largest absolute Gasteiger partial charge is 0.490 e. The number of nitrogens with zero attached hydrogens (tertiary/aromatic N) is 3. The molecular formula is C20H25N3O3. The van der Waals surface area contributed by atoms with Gasteiger partial charge in [0.25, 0.3) is 5.91 Å². The Balaban J connectivity index is 1.41. The van der Waals surface area contributed by atoms with Crippen molar-refractivity contribution in [3.05, 3.63) is 47.5 Å². The number of hydrogen-bond donors (Lipinski definition) is 1. The zero-order chi connectivity index (χ0) is 18.3. The molecule has 138 valence electrons. The molecule has 2 aliphatic rings. The number of likely N-dealkylation sites (tertiary alicyclic amines) is 1. The molecule has 1 fully saturated rings. The van der Waals surface area contributed by atoms with E-state index in [2.05, 4.69) is 4.98 Å². The van der Waals surface area contributed by atoms with E-state index in [1.165, 1.54) is 0 Å². The van der Waals surface area contributed by atoms with Crippen LogP contribution in [0, 0.1) is 6.92 Å². The average Bonchev–Trinajstić information content (AvgIpc) is 3.18. The molecule has 6 heteroatoms. The Hall–Kier alpha value is -2.34. The Morgan fingerprint density at radius 3 is 2.85 bits per heavy atom. The third kappa shape index (κ3) is 3.21. The van der Waals surface area contributed by atoms with E-state index in [0.29, 0.717) is 38.0 Å². The Morgan fingerprint density at radius 1 is 1.38 bits per heavy atom. The summed E-state index contributed by atoms with van der Waals surface area (Å²) in [4.78, 5) is 18.9. The molecule has 26 heavy (non-hydrogen) atoms. The van der Waals surface area contributed by atoms with Crippen LogP contribution in [0.1, 0.15) is 41.5 Å². The van der Waals surface area contributed by atoms with Crippen molar-refractivity contribution in [2.75, 3.05) is 13.1 Å². The van der Waals surface area contributed by atoms with E-state index >= 15 is 0 Å².